The molecule has 8 heteroatoms. The van der Waals surface area contributed by atoms with E-state index in [9.17, 15) is 12.8 Å². The van der Waals surface area contributed by atoms with E-state index in [1.165, 1.54) is 36.1 Å². The first-order valence-corrected chi connectivity index (χ1v) is 7.41. The van der Waals surface area contributed by atoms with Gasteiger partial charge in [-0.2, -0.15) is 13.5 Å². The van der Waals surface area contributed by atoms with E-state index in [1.807, 2.05) is 0 Å². The highest BCUT2D eigenvalue weighted by molar-refractivity contribution is 7.92. The number of hydrogen-bond acceptors (Lipinski definition) is 4. The van der Waals surface area contributed by atoms with E-state index >= 15 is 0 Å². The maximum atomic E-state index is 13.8. The van der Waals surface area contributed by atoms with Crippen molar-refractivity contribution < 1.29 is 12.8 Å². The molecule has 3 N–H and O–H groups in total. The number of aromatic nitrogens is 2. The first kappa shape index (κ1) is 15.0. The molecule has 0 saturated carbocycles. The van der Waals surface area contributed by atoms with Crippen LogP contribution in [0, 0.1) is 17.7 Å². The van der Waals surface area contributed by atoms with Gasteiger partial charge in [0.1, 0.15) is 5.82 Å². The molecule has 1 heterocycles. The molecule has 0 aliphatic carbocycles. The monoisotopic (exact) mass is 308 g/mol. The normalized spacial score (nSPS) is 10.8. The molecule has 110 valence electrons. The highest BCUT2D eigenvalue weighted by atomic mass is 32.2. The summed E-state index contributed by atoms with van der Waals surface area (Å²) in [5.74, 6) is 4.46. The highest BCUT2D eigenvalue weighted by Gasteiger charge is 2.18. The van der Waals surface area contributed by atoms with E-state index in [1.54, 1.807) is 0 Å². The minimum absolute atomic E-state index is 0.0186. The van der Waals surface area contributed by atoms with Gasteiger partial charge in [-0.15, -0.1) is 0 Å². The molecule has 1 aromatic heterocycles. The Kier molecular flexibility index (Phi) is 4.26. The molecule has 0 spiro atoms. The molecule has 2 rings (SSSR count). The number of rotatable bonds is 3. The molecule has 0 atom stereocenters. The number of aryl methyl sites for hydroxylation is 1. The Hall–Kier alpha value is -2.37. The van der Waals surface area contributed by atoms with Gasteiger partial charge in [-0.3, -0.25) is 9.40 Å². The fourth-order valence-corrected chi connectivity index (χ4v) is 2.84. The largest absolute Gasteiger partial charge is 0.320 e. The molecular weight excluding hydrogens is 295 g/mol. The van der Waals surface area contributed by atoms with Crippen LogP contribution in [0.15, 0.2) is 35.5 Å². The number of nitrogens with two attached hydrogens (primary N) is 1. The summed E-state index contributed by atoms with van der Waals surface area (Å²) in [4.78, 5) is 0. The fraction of sp³-hybridized carbons (Fsp3) is 0.154. The zero-order chi connectivity index (χ0) is 15.5. The Labute approximate surface area is 121 Å². The third-order valence-electron chi connectivity index (χ3n) is 2.60. The van der Waals surface area contributed by atoms with Gasteiger partial charge in [0.25, 0.3) is 10.0 Å². The van der Waals surface area contributed by atoms with Gasteiger partial charge in [0, 0.05) is 7.05 Å². The standard InChI is InChI=1S/C13H13FN4O2S/c1-18-13(6-8-16-18)21(19,20)17-11-5-4-10(3-2-7-15)12(14)9-11/h4-6,8-9,17H,7,15H2,1H3. The Balaban J connectivity index is 2.29. The Morgan fingerprint density at radius 2 is 2.19 bits per heavy atom. The summed E-state index contributed by atoms with van der Waals surface area (Å²) in [7, 11) is -2.32. The summed E-state index contributed by atoms with van der Waals surface area (Å²) in [6.45, 7) is 0.119. The van der Waals surface area contributed by atoms with Crippen LogP contribution in [-0.2, 0) is 17.1 Å². The average molecular weight is 308 g/mol. The van der Waals surface area contributed by atoms with Gasteiger partial charge >= 0.3 is 0 Å². The van der Waals surface area contributed by atoms with E-state index in [2.05, 4.69) is 21.7 Å². The van der Waals surface area contributed by atoms with Gasteiger partial charge in [0.2, 0.25) is 0 Å². The maximum absolute atomic E-state index is 13.8. The van der Waals surface area contributed by atoms with Crippen LogP contribution in [0.5, 0.6) is 0 Å². The second-order valence-corrected chi connectivity index (χ2v) is 5.73. The smallest absolute Gasteiger partial charge is 0.279 e. The molecule has 0 bridgehead atoms. The van der Waals surface area contributed by atoms with Gasteiger partial charge in [0.05, 0.1) is 24.0 Å². The van der Waals surface area contributed by atoms with Gasteiger partial charge in [-0.25, -0.2) is 4.39 Å². The lowest BCUT2D eigenvalue weighted by Crippen LogP contribution is -2.16. The quantitative estimate of drug-likeness (QED) is 0.816. The van der Waals surface area contributed by atoms with E-state index in [-0.39, 0.29) is 22.8 Å². The first-order chi connectivity index (χ1) is 9.94. The van der Waals surface area contributed by atoms with E-state index in [0.717, 1.165) is 6.07 Å². The number of anilines is 1. The summed E-state index contributed by atoms with van der Waals surface area (Å²) < 4.78 is 41.5. The molecule has 0 aliphatic rings. The molecule has 0 unspecified atom stereocenters. The highest BCUT2D eigenvalue weighted by Crippen LogP contribution is 2.18. The minimum Gasteiger partial charge on any atom is -0.320 e. The molecule has 1 aromatic carbocycles. The predicted molar refractivity (Wildman–Crippen MR) is 76.3 cm³/mol. The average Bonchev–Trinajstić information content (AvgIpc) is 2.84. The summed E-state index contributed by atoms with van der Waals surface area (Å²) >= 11 is 0. The second kappa shape index (κ2) is 5.95. The maximum Gasteiger partial charge on any atom is 0.279 e. The van der Waals surface area contributed by atoms with Crippen LogP contribution in [-0.4, -0.2) is 24.7 Å². The van der Waals surface area contributed by atoms with Gasteiger partial charge < -0.3 is 5.73 Å². The van der Waals surface area contributed by atoms with Crippen LogP contribution in [0.3, 0.4) is 0 Å². The third kappa shape index (κ3) is 3.39. The van der Waals surface area contributed by atoms with Crippen LogP contribution in [0.25, 0.3) is 0 Å². The number of hydrogen-bond donors (Lipinski definition) is 2. The molecule has 21 heavy (non-hydrogen) atoms. The Morgan fingerprint density at radius 1 is 1.43 bits per heavy atom. The first-order valence-electron chi connectivity index (χ1n) is 5.93. The van der Waals surface area contributed by atoms with Crippen molar-refractivity contribution in [2.75, 3.05) is 11.3 Å². The zero-order valence-corrected chi connectivity index (χ0v) is 12.0. The van der Waals surface area contributed by atoms with Crippen molar-refractivity contribution in [3.63, 3.8) is 0 Å². The van der Waals surface area contributed by atoms with Crippen molar-refractivity contribution >= 4 is 15.7 Å². The van der Waals surface area contributed by atoms with Gasteiger partial charge in [-0.05, 0) is 24.3 Å². The molecule has 0 radical (unpaired) electrons. The second-order valence-electron chi connectivity index (χ2n) is 4.10. The lowest BCUT2D eigenvalue weighted by atomic mass is 10.2. The fourth-order valence-electron chi connectivity index (χ4n) is 1.66. The van der Waals surface area contributed by atoms with Crippen molar-refractivity contribution in [1.82, 2.24) is 9.78 Å². The summed E-state index contributed by atoms with van der Waals surface area (Å²) in [5, 5.41) is 3.76. The SMILES string of the molecule is Cn1nccc1S(=O)(=O)Nc1ccc(C#CCN)c(F)c1. The topological polar surface area (TPSA) is 90.0 Å². The van der Waals surface area contributed by atoms with Crippen LogP contribution in [0.1, 0.15) is 5.56 Å². The number of halogens is 1. The van der Waals surface area contributed by atoms with Crippen molar-refractivity contribution in [2.45, 2.75) is 5.03 Å². The van der Waals surface area contributed by atoms with Gasteiger partial charge in [-0.1, -0.05) is 11.8 Å². The van der Waals surface area contributed by atoms with E-state index < -0.39 is 15.8 Å². The zero-order valence-electron chi connectivity index (χ0n) is 11.2. The molecule has 6 nitrogen and oxygen atoms in total. The predicted octanol–water partition coefficient (Wildman–Crippen LogP) is 0.670. The number of nitrogens with one attached hydrogen (secondary N) is 1. The van der Waals surface area contributed by atoms with Gasteiger partial charge in [0.15, 0.2) is 5.03 Å². The van der Waals surface area contributed by atoms with E-state index in [0.29, 0.717) is 0 Å². The van der Waals surface area contributed by atoms with Crippen LogP contribution < -0.4 is 10.5 Å². The van der Waals surface area contributed by atoms with Crippen molar-refractivity contribution in [3.8, 4) is 11.8 Å². The molecule has 0 fully saturated rings. The lowest BCUT2D eigenvalue weighted by Gasteiger charge is -2.08. The van der Waals surface area contributed by atoms with Crippen molar-refractivity contribution in [3.05, 3.63) is 41.8 Å². The molecule has 0 amide bonds. The third-order valence-corrected chi connectivity index (χ3v) is 4.05. The van der Waals surface area contributed by atoms with Crippen LogP contribution in [0.4, 0.5) is 10.1 Å². The van der Waals surface area contributed by atoms with Crippen LogP contribution >= 0.6 is 0 Å². The Bertz CT molecular complexity index is 818. The number of sulfonamides is 1. The van der Waals surface area contributed by atoms with Crippen LogP contribution in [0.2, 0.25) is 0 Å². The number of nitrogens with zero attached hydrogens (tertiary/aromatic N) is 2. The summed E-state index contributed by atoms with van der Waals surface area (Å²) in [5.41, 5.74) is 5.47. The summed E-state index contributed by atoms with van der Waals surface area (Å²) in [6, 6.07) is 5.23. The number of benzene rings is 1. The molecule has 0 aliphatic heterocycles. The molecular formula is C13H13FN4O2S. The lowest BCUT2D eigenvalue weighted by molar-refractivity contribution is 0.582. The summed E-state index contributed by atoms with van der Waals surface area (Å²) in [6.07, 6.45) is 1.36. The van der Waals surface area contributed by atoms with Crippen molar-refractivity contribution in [1.29, 1.82) is 0 Å². The molecule has 2 aromatic rings. The van der Waals surface area contributed by atoms with E-state index in [4.69, 9.17) is 5.73 Å². The minimum atomic E-state index is -3.82. The van der Waals surface area contributed by atoms with Crippen molar-refractivity contribution in [2.24, 2.45) is 12.8 Å². The molecule has 0 saturated heterocycles. The Morgan fingerprint density at radius 3 is 2.76 bits per heavy atom.